The fourth-order valence-corrected chi connectivity index (χ4v) is 4.85. The van der Waals surface area contributed by atoms with Crippen LogP contribution < -0.4 is 4.74 Å². The van der Waals surface area contributed by atoms with E-state index in [1.807, 2.05) is 29.2 Å². The van der Waals surface area contributed by atoms with Crippen LogP contribution in [0.4, 0.5) is 0 Å². The van der Waals surface area contributed by atoms with Gasteiger partial charge in [-0.05, 0) is 41.8 Å². The van der Waals surface area contributed by atoms with Gasteiger partial charge in [0.05, 0.1) is 18.2 Å². The number of aliphatic hydroxyl groups excluding tert-OH is 4. The number of benzene rings is 2. The zero-order valence-corrected chi connectivity index (χ0v) is 20.5. The summed E-state index contributed by atoms with van der Waals surface area (Å²) in [5, 5.41) is 60.9. The summed E-state index contributed by atoms with van der Waals surface area (Å²) in [6.07, 6.45) is -4.65. The van der Waals surface area contributed by atoms with Crippen molar-refractivity contribution >= 4 is 5.91 Å². The lowest BCUT2D eigenvalue weighted by Gasteiger charge is -2.45. The van der Waals surface area contributed by atoms with Crippen LogP contribution in [-0.4, -0.2) is 86.6 Å². The number of carbonyl (C=O) groups excluding carboxylic acids is 1. The lowest BCUT2D eigenvalue weighted by Crippen LogP contribution is -2.63. The van der Waals surface area contributed by atoms with Crippen LogP contribution in [0, 0.1) is 11.3 Å². The van der Waals surface area contributed by atoms with E-state index in [9.17, 15) is 35.6 Å². The van der Waals surface area contributed by atoms with E-state index >= 15 is 0 Å². The Kier molecular flexibility index (Phi) is 8.14. The Morgan fingerprint density at radius 3 is 2.41 bits per heavy atom. The summed E-state index contributed by atoms with van der Waals surface area (Å²) >= 11 is 0. The van der Waals surface area contributed by atoms with E-state index in [1.165, 1.54) is 18.2 Å². The van der Waals surface area contributed by atoms with Gasteiger partial charge in [0, 0.05) is 38.4 Å². The molecule has 198 valence electrons. The number of piperidine rings is 1. The normalized spacial score (nSPS) is 28.5. The van der Waals surface area contributed by atoms with Gasteiger partial charge in [-0.1, -0.05) is 18.2 Å². The number of hydrogen-bond acceptors (Lipinski definition) is 9. The second-order valence-electron chi connectivity index (χ2n) is 9.59. The van der Waals surface area contributed by atoms with Crippen LogP contribution in [0.2, 0.25) is 0 Å². The van der Waals surface area contributed by atoms with Crippen molar-refractivity contribution in [2.45, 2.75) is 62.5 Å². The fourth-order valence-electron chi connectivity index (χ4n) is 4.85. The zero-order chi connectivity index (χ0) is 26.7. The standard InChI is InChI=1S/C27H32N2O8/c1-16(31)29-10-8-22(9-11-29)36-21-6-2-17(3-7-21)12-19-13-20(5-4-18(19)14-28)27(35)26(34)25(33)24(32)23(15-30)37-27/h2-7,13,22-26,30,32-35H,8-12,15H2,1H3/t23-,24-,25+,26-,27+/m1/s1. The van der Waals surface area contributed by atoms with E-state index < -0.39 is 36.8 Å². The molecule has 0 aromatic heterocycles. The fraction of sp³-hybridized carbons (Fsp3) is 0.481. The van der Waals surface area contributed by atoms with E-state index in [0.29, 0.717) is 36.4 Å². The summed E-state index contributed by atoms with van der Waals surface area (Å²) in [7, 11) is 0. The van der Waals surface area contributed by atoms with Crippen molar-refractivity contribution in [3.05, 3.63) is 64.7 Å². The summed E-state index contributed by atoms with van der Waals surface area (Å²) < 4.78 is 11.5. The molecule has 1 amide bonds. The Morgan fingerprint density at radius 2 is 1.81 bits per heavy atom. The first-order valence-corrected chi connectivity index (χ1v) is 12.3. The van der Waals surface area contributed by atoms with E-state index in [0.717, 1.165) is 18.4 Å². The minimum atomic E-state index is -2.40. The molecule has 5 N–H and O–H groups in total. The van der Waals surface area contributed by atoms with Crippen molar-refractivity contribution in [3.63, 3.8) is 0 Å². The highest BCUT2D eigenvalue weighted by atomic mass is 16.7. The van der Waals surface area contributed by atoms with Crippen molar-refractivity contribution in [1.82, 2.24) is 4.90 Å². The molecule has 10 heteroatoms. The Bertz CT molecular complexity index is 1140. The minimum absolute atomic E-state index is 0.0302. The number of ether oxygens (including phenoxy) is 2. The highest BCUT2D eigenvalue weighted by Gasteiger charge is 2.53. The maximum atomic E-state index is 11.5. The number of nitrogens with zero attached hydrogens (tertiary/aromatic N) is 2. The number of likely N-dealkylation sites (tertiary alicyclic amines) is 1. The summed E-state index contributed by atoms with van der Waals surface area (Å²) in [5.41, 5.74) is 1.86. The average molecular weight is 513 g/mol. The largest absolute Gasteiger partial charge is 0.490 e. The minimum Gasteiger partial charge on any atom is -0.490 e. The number of hydrogen-bond donors (Lipinski definition) is 5. The molecule has 0 saturated carbocycles. The SMILES string of the molecule is CC(=O)N1CCC(Oc2ccc(Cc3cc([C@]4(O)O[C@H](CO)[C@@H](O)[C@H](O)[C@H]4O)ccc3C#N)cc2)CC1. The van der Waals surface area contributed by atoms with Gasteiger partial charge in [-0.3, -0.25) is 4.79 Å². The molecule has 2 aliphatic rings. The highest BCUT2D eigenvalue weighted by molar-refractivity contribution is 5.73. The van der Waals surface area contributed by atoms with Crippen molar-refractivity contribution in [2.75, 3.05) is 19.7 Å². The Balaban J connectivity index is 1.49. The highest BCUT2D eigenvalue weighted by Crippen LogP contribution is 2.37. The van der Waals surface area contributed by atoms with Crippen LogP contribution in [0.25, 0.3) is 0 Å². The van der Waals surface area contributed by atoms with E-state index in [4.69, 9.17) is 9.47 Å². The molecule has 2 aromatic rings. The summed E-state index contributed by atoms with van der Waals surface area (Å²) in [6, 6.07) is 13.9. The van der Waals surface area contributed by atoms with Gasteiger partial charge in [-0.2, -0.15) is 5.26 Å². The number of aliphatic hydroxyl groups is 5. The zero-order valence-electron chi connectivity index (χ0n) is 20.5. The second kappa shape index (κ2) is 11.1. The van der Waals surface area contributed by atoms with Crippen molar-refractivity contribution in [1.29, 1.82) is 5.26 Å². The number of carbonyl (C=O) groups is 1. The Labute approximate surface area is 214 Å². The molecule has 2 saturated heterocycles. The third-order valence-electron chi connectivity index (χ3n) is 7.11. The molecule has 0 spiro atoms. The van der Waals surface area contributed by atoms with E-state index in [1.54, 1.807) is 6.92 Å². The van der Waals surface area contributed by atoms with Gasteiger partial charge in [0.2, 0.25) is 11.7 Å². The third-order valence-corrected chi connectivity index (χ3v) is 7.11. The molecule has 10 nitrogen and oxygen atoms in total. The topological polar surface area (TPSA) is 164 Å². The molecule has 0 unspecified atom stereocenters. The molecule has 2 aliphatic heterocycles. The predicted octanol–water partition coefficient (Wildman–Crippen LogP) is 0.158. The van der Waals surface area contributed by atoms with Gasteiger partial charge in [-0.25, -0.2) is 0 Å². The Morgan fingerprint density at radius 1 is 1.14 bits per heavy atom. The van der Waals surface area contributed by atoms with Gasteiger partial charge in [0.15, 0.2) is 0 Å². The van der Waals surface area contributed by atoms with Crippen LogP contribution in [0.3, 0.4) is 0 Å². The molecule has 4 rings (SSSR count). The molecule has 37 heavy (non-hydrogen) atoms. The average Bonchev–Trinajstić information content (AvgIpc) is 2.91. The van der Waals surface area contributed by atoms with Crippen molar-refractivity contribution < 1.29 is 39.8 Å². The van der Waals surface area contributed by atoms with E-state index in [2.05, 4.69) is 6.07 Å². The van der Waals surface area contributed by atoms with Gasteiger partial charge in [-0.15, -0.1) is 0 Å². The first kappa shape index (κ1) is 27.0. The van der Waals surface area contributed by atoms with Crippen molar-refractivity contribution in [3.8, 4) is 11.8 Å². The van der Waals surface area contributed by atoms with Crippen LogP contribution in [0.5, 0.6) is 5.75 Å². The number of amides is 1. The Hall–Kier alpha value is -3.04. The molecule has 2 heterocycles. The summed E-state index contributed by atoms with van der Waals surface area (Å²) in [4.78, 5) is 13.3. The number of rotatable bonds is 6. The maximum absolute atomic E-state index is 11.5. The molecular weight excluding hydrogens is 480 g/mol. The van der Waals surface area contributed by atoms with Crippen molar-refractivity contribution in [2.24, 2.45) is 0 Å². The van der Waals surface area contributed by atoms with Gasteiger partial charge < -0.3 is 39.9 Å². The maximum Gasteiger partial charge on any atom is 0.222 e. The predicted molar refractivity (Wildman–Crippen MR) is 130 cm³/mol. The molecule has 2 aromatic carbocycles. The molecular formula is C27H32N2O8. The smallest absolute Gasteiger partial charge is 0.222 e. The summed E-state index contributed by atoms with van der Waals surface area (Å²) in [5.74, 6) is -1.62. The van der Waals surface area contributed by atoms with Crippen LogP contribution in [0.1, 0.15) is 42.0 Å². The number of nitriles is 1. The third kappa shape index (κ3) is 5.62. The van der Waals surface area contributed by atoms with Gasteiger partial charge >= 0.3 is 0 Å². The van der Waals surface area contributed by atoms with Gasteiger partial charge in [0.1, 0.15) is 36.3 Å². The molecule has 0 radical (unpaired) electrons. The lowest BCUT2D eigenvalue weighted by atomic mass is 9.86. The molecule has 2 fully saturated rings. The quantitative estimate of drug-likeness (QED) is 0.363. The summed E-state index contributed by atoms with van der Waals surface area (Å²) in [6.45, 7) is 2.23. The monoisotopic (exact) mass is 512 g/mol. The molecule has 0 bridgehead atoms. The van der Waals surface area contributed by atoms with Gasteiger partial charge in [0.25, 0.3) is 0 Å². The molecule has 0 aliphatic carbocycles. The second-order valence-corrected chi connectivity index (χ2v) is 9.59. The first-order chi connectivity index (χ1) is 17.7. The van der Waals surface area contributed by atoms with Crippen LogP contribution >= 0.6 is 0 Å². The first-order valence-electron chi connectivity index (χ1n) is 12.3. The van der Waals surface area contributed by atoms with E-state index in [-0.39, 0.29) is 17.6 Å². The molecule has 5 atom stereocenters. The lowest BCUT2D eigenvalue weighted by molar-refractivity contribution is -0.357. The van der Waals surface area contributed by atoms with Crippen LogP contribution in [-0.2, 0) is 21.7 Å². The van der Waals surface area contributed by atoms with Crippen LogP contribution in [0.15, 0.2) is 42.5 Å².